The van der Waals surface area contributed by atoms with E-state index in [0.717, 1.165) is 18.1 Å². The number of rotatable bonds is 5. The van der Waals surface area contributed by atoms with E-state index in [1.165, 1.54) is 6.07 Å². The summed E-state index contributed by atoms with van der Waals surface area (Å²) in [6, 6.07) is 4.89. The maximum atomic E-state index is 12.4. The first-order chi connectivity index (χ1) is 10.1. The van der Waals surface area contributed by atoms with Gasteiger partial charge in [-0.15, -0.1) is 12.4 Å². The van der Waals surface area contributed by atoms with E-state index >= 15 is 0 Å². The molecule has 1 aliphatic heterocycles. The van der Waals surface area contributed by atoms with Crippen LogP contribution in [-0.2, 0) is 4.79 Å². The van der Waals surface area contributed by atoms with Gasteiger partial charge in [0.05, 0.1) is 5.69 Å². The molecule has 0 radical (unpaired) electrons. The average molecular weight is 353 g/mol. The number of carbonyl (C=O) groups is 1. The Kier molecular flexibility index (Phi) is 7.92. The summed E-state index contributed by atoms with van der Waals surface area (Å²) >= 11 is 1.80. The zero-order valence-electron chi connectivity index (χ0n) is 12.1. The zero-order chi connectivity index (χ0) is 15.2. The van der Waals surface area contributed by atoms with Crippen LogP contribution in [0.15, 0.2) is 18.2 Å². The van der Waals surface area contributed by atoms with E-state index in [0.29, 0.717) is 17.7 Å². The fourth-order valence-electron chi connectivity index (χ4n) is 2.16. The molecule has 1 amide bonds. The van der Waals surface area contributed by atoms with Crippen LogP contribution < -0.4 is 15.4 Å². The number of aryl methyl sites for hydroxylation is 1. The second kappa shape index (κ2) is 9.17. The van der Waals surface area contributed by atoms with Crippen LogP contribution in [0.4, 0.5) is 14.5 Å². The molecule has 1 unspecified atom stereocenters. The van der Waals surface area contributed by atoms with Crippen molar-refractivity contribution in [2.45, 2.75) is 26.0 Å². The molecule has 8 heteroatoms. The molecule has 0 aliphatic carbocycles. The maximum absolute atomic E-state index is 12.4. The summed E-state index contributed by atoms with van der Waals surface area (Å²) in [5, 5.41) is 5.95. The molecule has 1 heterocycles. The van der Waals surface area contributed by atoms with E-state index in [1.807, 2.05) is 0 Å². The van der Waals surface area contributed by atoms with E-state index in [1.54, 1.807) is 30.8 Å². The van der Waals surface area contributed by atoms with Gasteiger partial charge in [0.15, 0.2) is 0 Å². The number of ether oxygens (including phenoxy) is 1. The van der Waals surface area contributed by atoms with Gasteiger partial charge >= 0.3 is 6.61 Å². The molecule has 0 saturated carbocycles. The highest BCUT2D eigenvalue weighted by atomic mass is 35.5. The van der Waals surface area contributed by atoms with Gasteiger partial charge in [-0.25, -0.2) is 0 Å². The minimum atomic E-state index is -2.92. The van der Waals surface area contributed by atoms with Gasteiger partial charge in [0.2, 0.25) is 5.91 Å². The summed E-state index contributed by atoms with van der Waals surface area (Å²) in [6.45, 7) is -0.297. The van der Waals surface area contributed by atoms with Crippen molar-refractivity contribution in [2.75, 3.05) is 23.4 Å². The van der Waals surface area contributed by atoms with Crippen LogP contribution in [-0.4, -0.2) is 36.6 Å². The Bertz CT molecular complexity index is 500. The van der Waals surface area contributed by atoms with E-state index in [9.17, 15) is 13.6 Å². The van der Waals surface area contributed by atoms with E-state index in [4.69, 9.17) is 0 Å². The maximum Gasteiger partial charge on any atom is 0.387 e. The number of anilines is 1. The molecule has 124 valence electrons. The van der Waals surface area contributed by atoms with Crippen molar-refractivity contribution in [3.8, 4) is 5.75 Å². The molecular weight excluding hydrogens is 334 g/mol. The number of amides is 1. The van der Waals surface area contributed by atoms with Crippen LogP contribution in [0.1, 0.15) is 12.0 Å². The molecule has 1 aromatic rings. The van der Waals surface area contributed by atoms with Crippen molar-refractivity contribution >= 4 is 35.8 Å². The van der Waals surface area contributed by atoms with E-state index in [2.05, 4.69) is 15.4 Å². The van der Waals surface area contributed by atoms with Crippen LogP contribution in [0.25, 0.3) is 0 Å². The molecule has 1 fully saturated rings. The predicted molar refractivity (Wildman–Crippen MR) is 87.4 cm³/mol. The first-order valence-electron chi connectivity index (χ1n) is 6.71. The zero-order valence-corrected chi connectivity index (χ0v) is 13.7. The molecule has 2 rings (SSSR count). The molecule has 4 nitrogen and oxygen atoms in total. The van der Waals surface area contributed by atoms with Gasteiger partial charge in [-0.1, -0.05) is 12.1 Å². The molecule has 0 aromatic heterocycles. The topological polar surface area (TPSA) is 50.4 Å². The predicted octanol–water partition coefficient (Wildman–Crippen LogP) is 3.05. The molecule has 2 N–H and O–H groups in total. The lowest BCUT2D eigenvalue weighted by molar-refractivity contribution is -0.116. The van der Waals surface area contributed by atoms with Crippen LogP contribution >= 0.6 is 24.2 Å². The number of nitrogens with one attached hydrogen (secondary N) is 2. The van der Waals surface area contributed by atoms with Gasteiger partial charge in [0.25, 0.3) is 0 Å². The SMILES string of the molecule is Cc1cccc(OC(F)F)c1NC(=O)CC1CSCCN1.Cl. The normalized spacial score (nSPS) is 17.7. The lowest BCUT2D eigenvalue weighted by Gasteiger charge is -2.23. The molecule has 0 spiro atoms. The molecular formula is C14H19ClF2N2O2S. The van der Waals surface area contributed by atoms with Gasteiger partial charge in [-0.3, -0.25) is 4.79 Å². The quantitative estimate of drug-likeness (QED) is 0.855. The van der Waals surface area contributed by atoms with Gasteiger partial charge in [0.1, 0.15) is 5.75 Å². The first kappa shape index (κ1) is 19.0. The van der Waals surface area contributed by atoms with Crippen molar-refractivity contribution in [1.29, 1.82) is 0 Å². The number of hydrogen-bond donors (Lipinski definition) is 2. The van der Waals surface area contributed by atoms with Gasteiger partial charge in [-0.05, 0) is 18.6 Å². The van der Waals surface area contributed by atoms with Crippen LogP contribution in [0.2, 0.25) is 0 Å². The molecule has 1 aromatic carbocycles. The fourth-order valence-corrected chi connectivity index (χ4v) is 3.11. The third-order valence-corrected chi connectivity index (χ3v) is 4.28. The second-order valence-corrected chi connectivity index (χ2v) is 5.95. The van der Waals surface area contributed by atoms with Crippen LogP contribution in [0.5, 0.6) is 5.75 Å². The van der Waals surface area contributed by atoms with Crippen molar-refractivity contribution in [3.05, 3.63) is 23.8 Å². The van der Waals surface area contributed by atoms with Crippen LogP contribution in [0.3, 0.4) is 0 Å². The highest BCUT2D eigenvalue weighted by Crippen LogP contribution is 2.29. The van der Waals surface area contributed by atoms with Gasteiger partial charge in [-0.2, -0.15) is 20.5 Å². The molecule has 1 atom stereocenters. The van der Waals surface area contributed by atoms with E-state index in [-0.39, 0.29) is 30.1 Å². The number of hydrogen-bond acceptors (Lipinski definition) is 4. The summed E-state index contributed by atoms with van der Waals surface area (Å²) in [6.07, 6.45) is 0.315. The average Bonchev–Trinajstić information content (AvgIpc) is 2.43. The minimum absolute atomic E-state index is 0. The number of halogens is 3. The summed E-state index contributed by atoms with van der Waals surface area (Å²) in [5.41, 5.74) is 0.999. The summed E-state index contributed by atoms with van der Waals surface area (Å²) in [5.74, 6) is 1.71. The van der Waals surface area contributed by atoms with Crippen LogP contribution in [0, 0.1) is 6.92 Å². The third-order valence-electron chi connectivity index (χ3n) is 3.15. The number of carbonyl (C=O) groups excluding carboxylic acids is 1. The van der Waals surface area contributed by atoms with Crippen molar-refractivity contribution in [1.82, 2.24) is 5.32 Å². The summed E-state index contributed by atoms with van der Waals surface area (Å²) < 4.78 is 29.2. The Labute approximate surface area is 138 Å². The molecule has 1 saturated heterocycles. The highest BCUT2D eigenvalue weighted by Gasteiger charge is 2.19. The smallest absolute Gasteiger partial charge is 0.387 e. The Balaban J connectivity index is 0.00000242. The van der Waals surface area contributed by atoms with Crippen molar-refractivity contribution < 1.29 is 18.3 Å². The lowest BCUT2D eigenvalue weighted by Crippen LogP contribution is -2.40. The number of alkyl halides is 2. The molecule has 0 bridgehead atoms. The largest absolute Gasteiger partial charge is 0.433 e. The number of thioether (sulfide) groups is 1. The fraction of sp³-hybridized carbons (Fsp3) is 0.500. The van der Waals surface area contributed by atoms with Crippen molar-refractivity contribution in [2.24, 2.45) is 0 Å². The molecule has 1 aliphatic rings. The second-order valence-electron chi connectivity index (χ2n) is 4.80. The summed E-state index contributed by atoms with van der Waals surface area (Å²) in [4.78, 5) is 12.1. The Morgan fingerprint density at radius 1 is 1.55 bits per heavy atom. The Hall–Kier alpha value is -1.05. The monoisotopic (exact) mass is 352 g/mol. The van der Waals surface area contributed by atoms with E-state index < -0.39 is 6.61 Å². The van der Waals surface area contributed by atoms with Crippen molar-refractivity contribution in [3.63, 3.8) is 0 Å². The molecule has 22 heavy (non-hydrogen) atoms. The standard InChI is InChI=1S/C14H18F2N2O2S.ClH/c1-9-3-2-4-11(20-14(15)16)13(9)18-12(19)7-10-8-21-6-5-17-10;/h2-4,10,14,17H,5-8H2,1H3,(H,18,19);1H. The Morgan fingerprint density at radius 3 is 2.95 bits per heavy atom. The number of para-hydroxylation sites is 1. The Morgan fingerprint density at radius 2 is 2.32 bits per heavy atom. The highest BCUT2D eigenvalue weighted by molar-refractivity contribution is 7.99. The minimum Gasteiger partial charge on any atom is -0.433 e. The van der Waals surface area contributed by atoms with Gasteiger partial charge in [0, 0.05) is 30.5 Å². The summed E-state index contributed by atoms with van der Waals surface area (Å²) in [7, 11) is 0. The lowest BCUT2D eigenvalue weighted by atomic mass is 10.1. The van der Waals surface area contributed by atoms with Gasteiger partial charge < -0.3 is 15.4 Å². The third kappa shape index (κ3) is 5.62. The number of benzene rings is 1. The first-order valence-corrected chi connectivity index (χ1v) is 7.87.